The van der Waals surface area contributed by atoms with Crippen LogP contribution in [0.25, 0.3) is 0 Å². The maximum absolute atomic E-state index is 10.7. The second-order valence-electron chi connectivity index (χ2n) is 8.16. The molecule has 0 bridgehead atoms. The Bertz CT molecular complexity index is 810. The van der Waals surface area contributed by atoms with Crippen LogP contribution < -0.4 is 9.20 Å². The van der Waals surface area contributed by atoms with Crippen molar-refractivity contribution in [2.24, 2.45) is 0 Å². The van der Waals surface area contributed by atoms with Crippen molar-refractivity contribution in [2.75, 3.05) is 13.9 Å². The number of methoxy groups -OCH3 is 1. The third kappa shape index (κ3) is 5.39. The van der Waals surface area contributed by atoms with Crippen LogP contribution in [0.3, 0.4) is 0 Å². The number of carbonyl (C=O) groups is 1. The van der Waals surface area contributed by atoms with E-state index in [-0.39, 0.29) is 32.6 Å². The monoisotopic (exact) mass is 436 g/mol. The first-order valence-electron chi connectivity index (χ1n) is 8.96. The summed E-state index contributed by atoms with van der Waals surface area (Å²) in [5.74, 6) is 2.84. The summed E-state index contributed by atoms with van der Waals surface area (Å²) in [7, 11) is 1.62. The van der Waals surface area contributed by atoms with Gasteiger partial charge in [-0.25, -0.2) is 0 Å². The van der Waals surface area contributed by atoms with Crippen molar-refractivity contribution in [1.29, 1.82) is 0 Å². The van der Waals surface area contributed by atoms with Crippen molar-refractivity contribution in [3.63, 3.8) is 0 Å². The van der Waals surface area contributed by atoms with E-state index in [4.69, 9.17) is 14.6 Å². The quantitative estimate of drug-likeness (QED) is 0.334. The topological polar surface area (TPSA) is 55.8 Å². The molecule has 0 radical (unpaired) electrons. The molecule has 146 valence electrons. The number of carboxylic acids is 1. The summed E-state index contributed by atoms with van der Waals surface area (Å²) in [6.07, 6.45) is 3.37. The SMILES string of the molecule is COCOc1cc([Se]C#C/C(C)=C/C(=O)O)cc2c1C(C)(C)CCC2(C)C. The number of carboxylic acid groups (broad SMARTS) is 1. The average Bonchev–Trinajstić information content (AvgIpc) is 2.56. The Labute approximate surface area is 168 Å². The van der Waals surface area contributed by atoms with Crippen LogP contribution in [-0.4, -0.2) is 39.9 Å². The molecule has 2 rings (SSSR count). The van der Waals surface area contributed by atoms with Gasteiger partial charge in [0.15, 0.2) is 0 Å². The van der Waals surface area contributed by atoms with E-state index in [0.29, 0.717) is 5.57 Å². The van der Waals surface area contributed by atoms with Crippen LogP contribution >= 0.6 is 0 Å². The van der Waals surface area contributed by atoms with Crippen molar-refractivity contribution in [3.05, 3.63) is 34.9 Å². The van der Waals surface area contributed by atoms with E-state index in [0.717, 1.165) is 29.1 Å². The zero-order valence-electron chi connectivity index (χ0n) is 16.9. The maximum atomic E-state index is 10.7. The fourth-order valence-electron chi connectivity index (χ4n) is 3.39. The summed E-state index contributed by atoms with van der Waals surface area (Å²) in [6.45, 7) is 11.0. The molecule has 1 aromatic rings. The molecule has 1 aromatic carbocycles. The molecule has 1 N–H and O–H groups in total. The minimum absolute atomic E-state index is 0.0476. The molecule has 0 unspecified atom stereocenters. The number of ether oxygens (including phenoxy) is 2. The molecule has 1 aliphatic rings. The van der Waals surface area contributed by atoms with E-state index in [1.54, 1.807) is 14.0 Å². The van der Waals surface area contributed by atoms with Gasteiger partial charge in [-0.2, -0.15) is 0 Å². The zero-order chi connectivity index (χ0) is 20.2. The molecule has 0 saturated heterocycles. The van der Waals surface area contributed by atoms with Crippen molar-refractivity contribution < 1.29 is 19.4 Å². The van der Waals surface area contributed by atoms with Crippen LogP contribution in [0.1, 0.15) is 58.6 Å². The molecule has 0 heterocycles. The summed E-state index contributed by atoms with van der Waals surface area (Å²) >= 11 is -0.0918. The van der Waals surface area contributed by atoms with Crippen LogP contribution in [-0.2, 0) is 20.4 Å². The second kappa shape index (κ2) is 8.52. The van der Waals surface area contributed by atoms with Gasteiger partial charge in [-0.05, 0) is 0 Å². The third-order valence-corrected chi connectivity index (χ3v) is 6.36. The number of hydrogen-bond acceptors (Lipinski definition) is 3. The van der Waals surface area contributed by atoms with Crippen LogP contribution in [0.4, 0.5) is 0 Å². The van der Waals surface area contributed by atoms with Crippen LogP contribution in [0.15, 0.2) is 23.8 Å². The van der Waals surface area contributed by atoms with Gasteiger partial charge < -0.3 is 0 Å². The number of benzene rings is 1. The third-order valence-electron chi connectivity index (χ3n) is 4.95. The summed E-state index contributed by atoms with van der Waals surface area (Å²) in [5, 5.41) is 8.79. The van der Waals surface area contributed by atoms with Gasteiger partial charge in [-0.1, -0.05) is 0 Å². The summed E-state index contributed by atoms with van der Waals surface area (Å²) < 4.78 is 12.2. The molecule has 0 spiro atoms. The molecule has 0 saturated carbocycles. The Morgan fingerprint density at radius 2 is 1.93 bits per heavy atom. The number of hydrogen-bond donors (Lipinski definition) is 1. The van der Waals surface area contributed by atoms with E-state index >= 15 is 0 Å². The molecule has 27 heavy (non-hydrogen) atoms. The average molecular weight is 435 g/mol. The predicted molar refractivity (Wildman–Crippen MR) is 109 cm³/mol. The molecular formula is C22H28O4Se. The van der Waals surface area contributed by atoms with Crippen LogP contribution in [0.5, 0.6) is 5.75 Å². The molecule has 0 aliphatic heterocycles. The molecule has 0 atom stereocenters. The van der Waals surface area contributed by atoms with Crippen molar-refractivity contribution in [3.8, 4) is 16.5 Å². The fourth-order valence-corrected chi connectivity index (χ4v) is 4.80. The molecule has 0 fully saturated rings. The zero-order valence-corrected chi connectivity index (χ0v) is 18.6. The first kappa shape index (κ1) is 21.6. The van der Waals surface area contributed by atoms with E-state index in [1.807, 2.05) is 0 Å². The normalized spacial score (nSPS) is 17.5. The standard InChI is InChI=1S/C22H28O4Se/c1-15(11-19(23)24)7-10-27-16-12-17-20(18(13-16)26-14-25-6)22(4,5)9-8-21(17,2)3/h11-13H,8-9,14H2,1-6H3,(H,23,24)/b15-11+. The second-order valence-corrected chi connectivity index (χ2v) is 10.0. The molecule has 0 aromatic heterocycles. The number of aliphatic carboxylic acids is 1. The number of fused-ring (bicyclic) bond motifs is 1. The Hall–Kier alpha value is -1.73. The fraction of sp³-hybridized carbons (Fsp3) is 0.500. The molecule has 4 nitrogen and oxygen atoms in total. The van der Waals surface area contributed by atoms with Crippen molar-refractivity contribution in [1.82, 2.24) is 0 Å². The van der Waals surface area contributed by atoms with Crippen molar-refractivity contribution in [2.45, 2.75) is 58.3 Å². The van der Waals surface area contributed by atoms with Gasteiger partial charge in [0.2, 0.25) is 0 Å². The molecular weight excluding hydrogens is 407 g/mol. The molecule has 1 aliphatic carbocycles. The Morgan fingerprint density at radius 1 is 1.26 bits per heavy atom. The van der Waals surface area contributed by atoms with Gasteiger partial charge in [-0.3, -0.25) is 0 Å². The predicted octanol–water partition coefficient (Wildman–Crippen LogP) is 3.34. The first-order chi connectivity index (χ1) is 12.6. The van der Waals surface area contributed by atoms with Crippen LogP contribution in [0.2, 0.25) is 0 Å². The van der Waals surface area contributed by atoms with Gasteiger partial charge in [0.05, 0.1) is 0 Å². The van der Waals surface area contributed by atoms with Crippen molar-refractivity contribution >= 4 is 25.4 Å². The molecule has 0 amide bonds. The molecule has 5 heteroatoms. The summed E-state index contributed by atoms with van der Waals surface area (Å²) in [4.78, 5) is 13.9. The Morgan fingerprint density at radius 3 is 2.56 bits per heavy atom. The summed E-state index contributed by atoms with van der Waals surface area (Å²) in [6, 6.07) is 4.34. The van der Waals surface area contributed by atoms with E-state index in [9.17, 15) is 4.79 Å². The van der Waals surface area contributed by atoms with Gasteiger partial charge >= 0.3 is 168 Å². The number of rotatable bonds is 5. The van der Waals surface area contributed by atoms with E-state index in [2.05, 4.69) is 50.6 Å². The first-order valence-corrected chi connectivity index (χ1v) is 10.7. The van der Waals surface area contributed by atoms with Gasteiger partial charge in [0, 0.05) is 0 Å². The Balaban J connectivity index is 2.47. The van der Waals surface area contributed by atoms with E-state index in [1.165, 1.54) is 11.1 Å². The van der Waals surface area contributed by atoms with Crippen LogP contribution in [0, 0.1) is 10.7 Å². The van der Waals surface area contributed by atoms with Gasteiger partial charge in [-0.15, -0.1) is 0 Å². The minimum atomic E-state index is -0.970. The van der Waals surface area contributed by atoms with Gasteiger partial charge in [0.25, 0.3) is 0 Å². The summed E-state index contributed by atoms with van der Waals surface area (Å²) in [5.41, 5.74) is 3.27. The van der Waals surface area contributed by atoms with Gasteiger partial charge in [0.1, 0.15) is 0 Å². The number of allylic oxidation sites excluding steroid dienone is 1. The Kier molecular flexibility index (Phi) is 6.81. The van der Waals surface area contributed by atoms with E-state index < -0.39 is 5.97 Å².